The van der Waals surface area contributed by atoms with E-state index in [9.17, 15) is 9.59 Å². The SMILES string of the molecule is NCCNCCCC[C@H]1CN(C(=O)[C@H](N)Cc2ccc3ccccc3c2)[C@H](CC2CCCCC2)CN1C(=O)[C@H](N)Cc1ccc2ccccc2c1. The van der Waals surface area contributed by atoms with Gasteiger partial charge in [0.05, 0.1) is 12.1 Å². The summed E-state index contributed by atoms with van der Waals surface area (Å²) in [6.45, 7) is 3.28. The Balaban J connectivity index is 1.21. The van der Waals surface area contributed by atoms with Crippen molar-refractivity contribution >= 4 is 33.4 Å². The maximum atomic E-state index is 14.4. The van der Waals surface area contributed by atoms with Crippen LogP contribution in [0.15, 0.2) is 84.9 Å². The van der Waals surface area contributed by atoms with Crippen LogP contribution in [0.1, 0.15) is 68.9 Å². The molecule has 7 N–H and O–H groups in total. The van der Waals surface area contributed by atoms with Crippen LogP contribution in [-0.2, 0) is 22.4 Å². The van der Waals surface area contributed by atoms with Gasteiger partial charge < -0.3 is 32.3 Å². The summed E-state index contributed by atoms with van der Waals surface area (Å²) in [6.07, 6.45) is 10.7. The molecule has 0 spiro atoms. The summed E-state index contributed by atoms with van der Waals surface area (Å²) in [5.41, 5.74) is 21.4. The van der Waals surface area contributed by atoms with E-state index in [2.05, 4.69) is 70.9 Å². The van der Waals surface area contributed by atoms with Gasteiger partial charge in [0, 0.05) is 38.3 Å². The van der Waals surface area contributed by atoms with Crippen LogP contribution in [0, 0.1) is 5.92 Å². The normalized spacial score (nSPS) is 19.7. The Morgan fingerprint density at radius 3 is 1.76 bits per heavy atom. The first-order chi connectivity index (χ1) is 24.9. The monoisotopic (exact) mass is 690 g/mol. The lowest BCUT2D eigenvalue weighted by atomic mass is 9.83. The number of nitrogens with zero attached hydrogens (tertiary/aromatic N) is 2. The van der Waals surface area contributed by atoms with Crippen LogP contribution in [0.2, 0.25) is 0 Å². The highest BCUT2D eigenvalue weighted by molar-refractivity contribution is 5.87. The Morgan fingerprint density at radius 1 is 0.667 bits per heavy atom. The van der Waals surface area contributed by atoms with Crippen molar-refractivity contribution in [2.24, 2.45) is 23.1 Å². The molecule has 4 aromatic carbocycles. The minimum Gasteiger partial charge on any atom is -0.335 e. The Hall–Kier alpha value is -3.82. The van der Waals surface area contributed by atoms with E-state index in [4.69, 9.17) is 17.2 Å². The van der Waals surface area contributed by atoms with E-state index in [1.165, 1.54) is 42.9 Å². The average Bonchev–Trinajstić information content (AvgIpc) is 3.16. The van der Waals surface area contributed by atoms with Crippen LogP contribution < -0.4 is 22.5 Å². The van der Waals surface area contributed by atoms with Crippen molar-refractivity contribution in [1.29, 1.82) is 0 Å². The van der Waals surface area contributed by atoms with Crippen LogP contribution in [-0.4, -0.2) is 78.5 Å². The number of carbonyl (C=O) groups is 2. The van der Waals surface area contributed by atoms with E-state index in [1.54, 1.807) is 0 Å². The van der Waals surface area contributed by atoms with Crippen molar-refractivity contribution in [1.82, 2.24) is 15.1 Å². The zero-order valence-corrected chi connectivity index (χ0v) is 30.2. The molecular formula is C43H58N6O2. The molecule has 4 aromatic rings. The quantitative estimate of drug-likeness (QED) is 0.121. The lowest BCUT2D eigenvalue weighted by molar-refractivity contribution is -0.149. The topological polar surface area (TPSA) is 131 Å². The summed E-state index contributed by atoms with van der Waals surface area (Å²) in [6, 6.07) is 27.7. The highest BCUT2D eigenvalue weighted by Crippen LogP contribution is 2.32. The van der Waals surface area contributed by atoms with Crippen molar-refractivity contribution in [3.8, 4) is 0 Å². The van der Waals surface area contributed by atoms with Gasteiger partial charge in [-0.15, -0.1) is 0 Å². The second-order valence-electron chi connectivity index (χ2n) is 15.0. The van der Waals surface area contributed by atoms with Crippen molar-refractivity contribution in [2.75, 3.05) is 32.7 Å². The first-order valence-electron chi connectivity index (χ1n) is 19.4. The largest absolute Gasteiger partial charge is 0.335 e. The van der Waals surface area contributed by atoms with Crippen LogP contribution in [0.4, 0.5) is 0 Å². The predicted octanol–water partition coefficient (Wildman–Crippen LogP) is 5.53. The first-order valence-corrected chi connectivity index (χ1v) is 19.4. The zero-order valence-electron chi connectivity index (χ0n) is 30.2. The Kier molecular flexibility index (Phi) is 13.1. The van der Waals surface area contributed by atoms with Gasteiger partial charge in [0.15, 0.2) is 0 Å². The fraction of sp³-hybridized carbons (Fsp3) is 0.488. The summed E-state index contributed by atoms with van der Waals surface area (Å²) in [5, 5.41) is 8.04. The number of hydrogen-bond acceptors (Lipinski definition) is 6. The van der Waals surface area contributed by atoms with E-state index in [0.717, 1.165) is 60.7 Å². The standard InChI is InChI=1S/C43H58N6O2/c44-21-23-47-22-9-8-16-38-29-49(43(51)41(46)28-33-18-20-35-13-5-7-15-37(35)25-33)39(26-31-10-2-1-3-11-31)30-48(38)42(50)40(45)27-32-17-19-34-12-4-6-14-36(34)24-32/h4-7,12-15,17-20,24-25,31,38-41,47H,1-3,8-11,16,21-23,26-30,44-46H2/t38-,39+,40+,41+/m0/s1. The molecule has 1 heterocycles. The molecule has 1 aliphatic heterocycles. The fourth-order valence-corrected chi connectivity index (χ4v) is 8.44. The molecule has 1 saturated carbocycles. The van der Waals surface area contributed by atoms with Crippen molar-refractivity contribution in [3.05, 3.63) is 96.1 Å². The number of rotatable bonds is 15. The second kappa shape index (κ2) is 18.1. The molecule has 6 rings (SSSR count). The molecule has 4 atom stereocenters. The van der Waals surface area contributed by atoms with Crippen LogP contribution in [0.5, 0.6) is 0 Å². The molecule has 0 unspecified atom stereocenters. The fourth-order valence-electron chi connectivity index (χ4n) is 8.44. The number of unbranched alkanes of at least 4 members (excludes halogenated alkanes) is 1. The Bertz CT molecular complexity index is 1740. The molecule has 0 radical (unpaired) electrons. The highest BCUT2D eigenvalue weighted by atomic mass is 16.2. The molecule has 0 bridgehead atoms. The number of amides is 2. The van der Waals surface area contributed by atoms with Gasteiger partial charge in [-0.1, -0.05) is 123 Å². The number of carbonyl (C=O) groups excluding carboxylic acids is 2. The number of piperazine rings is 1. The van der Waals surface area contributed by atoms with E-state index < -0.39 is 12.1 Å². The van der Waals surface area contributed by atoms with Crippen LogP contribution >= 0.6 is 0 Å². The lowest BCUT2D eigenvalue weighted by Crippen LogP contribution is -2.65. The maximum Gasteiger partial charge on any atom is 0.240 e. The third-order valence-corrected chi connectivity index (χ3v) is 11.2. The lowest BCUT2D eigenvalue weighted by Gasteiger charge is -2.49. The Morgan fingerprint density at radius 2 is 1.20 bits per heavy atom. The number of nitrogens with two attached hydrogens (primary N) is 3. The van der Waals surface area contributed by atoms with Gasteiger partial charge >= 0.3 is 0 Å². The molecule has 0 aromatic heterocycles. The summed E-state index contributed by atoms with van der Waals surface area (Å²) >= 11 is 0. The molecule has 8 heteroatoms. The van der Waals surface area contributed by atoms with Gasteiger partial charge in [0.1, 0.15) is 0 Å². The predicted molar refractivity (Wildman–Crippen MR) is 209 cm³/mol. The third-order valence-electron chi connectivity index (χ3n) is 11.2. The van der Waals surface area contributed by atoms with E-state index >= 15 is 0 Å². The van der Waals surface area contributed by atoms with Gasteiger partial charge in [0.25, 0.3) is 0 Å². The Labute approximate surface area is 304 Å². The van der Waals surface area contributed by atoms with Crippen LogP contribution in [0.3, 0.4) is 0 Å². The molecule has 51 heavy (non-hydrogen) atoms. The van der Waals surface area contributed by atoms with E-state index in [0.29, 0.717) is 38.4 Å². The molecular weight excluding hydrogens is 633 g/mol. The number of benzene rings is 4. The van der Waals surface area contributed by atoms with Crippen molar-refractivity contribution in [3.63, 3.8) is 0 Å². The number of hydrogen-bond donors (Lipinski definition) is 4. The van der Waals surface area contributed by atoms with Gasteiger partial charge in [0.2, 0.25) is 11.8 Å². The first kappa shape index (κ1) is 37.0. The van der Waals surface area contributed by atoms with Crippen molar-refractivity contribution < 1.29 is 9.59 Å². The van der Waals surface area contributed by atoms with Gasteiger partial charge in [-0.2, -0.15) is 0 Å². The van der Waals surface area contributed by atoms with Crippen LogP contribution in [0.25, 0.3) is 21.5 Å². The smallest absolute Gasteiger partial charge is 0.240 e. The molecule has 2 fully saturated rings. The van der Waals surface area contributed by atoms with Crippen molar-refractivity contribution in [2.45, 2.75) is 94.8 Å². The molecule has 1 aliphatic carbocycles. The molecule has 8 nitrogen and oxygen atoms in total. The molecule has 272 valence electrons. The van der Waals surface area contributed by atoms with Gasteiger partial charge in [-0.25, -0.2) is 0 Å². The molecule has 2 aliphatic rings. The van der Waals surface area contributed by atoms with Gasteiger partial charge in [-0.3, -0.25) is 9.59 Å². The van der Waals surface area contributed by atoms with Gasteiger partial charge in [-0.05, 0) is 77.2 Å². The highest BCUT2D eigenvalue weighted by Gasteiger charge is 2.41. The number of fused-ring (bicyclic) bond motifs is 2. The molecule has 2 amide bonds. The summed E-state index contributed by atoms with van der Waals surface area (Å²) < 4.78 is 0. The minimum atomic E-state index is -0.660. The third kappa shape index (κ3) is 9.74. The number of nitrogens with one attached hydrogen (secondary N) is 1. The summed E-state index contributed by atoms with van der Waals surface area (Å²) in [7, 11) is 0. The molecule has 1 saturated heterocycles. The minimum absolute atomic E-state index is 0.00820. The summed E-state index contributed by atoms with van der Waals surface area (Å²) in [4.78, 5) is 32.9. The van der Waals surface area contributed by atoms with E-state index in [1.807, 2.05) is 29.2 Å². The second-order valence-corrected chi connectivity index (χ2v) is 15.0. The zero-order chi connectivity index (χ0) is 35.6. The average molecular weight is 691 g/mol. The summed E-state index contributed by atoms with van der Waals surface area (Å²) in [5.74, 6) is 0.519. The maximum absolute atomic E-state index is 14.4. The van der Waals surface area contributed by atoms with E-state index in [-0.39, 0.29) is 23.9 Å².